The van der Waals surface area contributed by atoms with Crippen LogP contribution in [0.3, 0.4) is 0 Å². The highest BCUT2D eigenvalue weighted by atomic mass is 127. The number of anilines is 1. The van der Waals surface area contributed by atoms with Crippen molar-refractivity contribution < 1.29 is 9.53 Å². The molecule has 0 aromatic carbocycles. The molecule has 0 aliphatic carbocycles. The number of pyridine rings is 1. The lowest BCUT2D eigenvalue weighted by Crippen LogP contribution is -2.42. The SMILES string of the molecule is CN=C(NCCCOCC(C)C)NCc1cccnc1N1CCCC(C(N)=O)C1.I. The number of nitrogens with two attached hydrogens (primary N) is 1. The second-order valence-corrected chi connectivity index (χ2v) is 7.85. The Hall–Kier alpha value is -1.62. The molecule has 4 N–H and O–H groups in total. The number of amides is 1. The Morgan fingerprint density at radius 2 is 2.23 bits per heavy atom. The average Bonchev–Trinajstić information content (AvgIpc) is 2.72. The molecule has 0 spiro atoms. The summed E-state index contributed by atoms with van der Waals surface area (Å²) in [7, 11) is 1.76. The van der Waals surface area contributed by atoms with Gasteiger partial charge in [-0.15, -0.1) is 24.0 Å². The summed E-state index contributed by atoms with van der Waals surface area (Å²) in [6, 6.07) is 3.98. The summed E-state index contributed by atoms with van der Waals surface area (Å²) in [5, 5.41) is 6.66. The van der Waals surface area contributed by atoms with Crippen LogP contribution < -0.4 is 21.3 Å². The first kappa shape index (κ1) is 26.4. The van der Waals surface area contributed by atoms with Crippen LogP contribution in [0.5, 0.6) is 0 Å². The van der Waals surface area contributed by atoms with Crippen LogP contribution in [0, 0.1) is 11.8 Å². The van der Waals surface area contributed by atoms with E-state index in [2.05, 4.69) is 45.4 Å². The van der Waals surface area contributed by atoms with Crippen molar-refractivity contribution in [2.45, 2.75) is 39.7 Å². The second-order valence-electron chi connectivity index (χ2n) is 7.85. The summed E-state index contributed by atoms with van der Waals surface area (Å²) in [5.74, 6) is 1.87. The number of rotatable bonds is 10. The highest BCUT2D eigenvalue weighted by molar-refractivity contribution is 14.0. The standard InChI is InChI=1S/C21H36N6O2.HI/c1-16(2)15-29-12-6-10-25-21(23-3)26-13-17-7-4-9-24-20(17)27-11-5-8-18(14-27)19(22)28;/h4,7,9,16,18H,5-6,8,10-15H2,1-3H3,(H2,22,28)(H2,23,25,26);1H. The zero-order chi connectivity index (χ0) is 21.1. The van der Waals surface area contributed by atoms with Crippen LogP contribution >= 0.6 is 24.0 Å². The molecule has 1 atom stereocenters. The molecule has 9 heteroatoms. The first-order valence-electron chi connectivity index (χ1n) is 10.5. The first-order chi connectivity index (χ1) is 14.0. The largest absolute Gasteiger partial charge is 0.381 e. The number of primary amides is 1. The van der Waals surface area contributed by atoms with Crippen molar-refractivity contribution in [1.82, 2.24) is 15.6 Å². The molecular formula is C21H37IN6O2. The van der Waals surface area contributed by atoms with Gasteiger partial charge >= 0.3 is 0 Å². The molecule has 1 saturated heterocycles. The van der Waals surface area contributed by atoms with E-state index >= 15 is 0 Å². The minimum absolute atomic E-state index is 0. The fourth-order valence-electron chi connectivity index (χ4n) is 3.35. The number of hydrogen-bond donors (Lipinski definition) is 3. The van der Waals surface area contributed by atoms with Gasteiger partial charge in [-0.25, -0.2) is 4.98 Å². The number of ether oxygens (including phenoxy) is 1. The van der Waals surface area contributed by atoms with E-state index in [1.165, 1.54) is 0 Å². The Morgan fingerprint density at radius 1 is 1.43 bits per heavy atom. The fourth-order valence-corrected chi connectivity index (χ4v) is 3.35. The van der Waals surface area contributed by atoms with E-state index in [1.54, 1.807) is 13.2 Å². The number of carbonyl (C=O) groups excluding carboxylic acids is 1. The molecule has 0 saturated carbocycles. The van der Waals surface area contributed by atoms with Crippen molar-refractivity contribution in [2.75, 3.05) is 44.8 Å². The molecule has 2 heterocycles. The minimum Gasteiger partial charge on any atom is -0.381 e. The predicted octanol–water partition coefficient (Wildman–Crippen LogP) is 2.13. The molecule has 30 heavy (non-hydrogen) atoms. The van der Waals surface area contributed by atoms with Crippen LogP contribution in [0.2, 0.25) is 0 Å². The molecule has 0 bridgehead atoms. The van der Waals surface area contributed by atoms with Gasteiger partial charge in [0.25, 0.3) is 0 Å². The molecular weight excluding hydrogens is 495 g/mol. The summed E-state index contributed by atoms with van der Waals surface area (Å²) in [6.45, 7) is 8.74. The Kier molecular flexibility index (Phi) is 12.7. The minimum atomic E-state index is -0.229. The lowest BCUT2D eigenvalue weighted by atomic mass is 9.97. The maximum absolute atomic E-state index is 11.6. The van der Waals surface area contributed by atoms with Crippen molar-refractivity contribution in [3.8, 4) is 0 Å². The van der Waals surface area contributed by atoms with Crippen molar-refractivity contribution >= 4 is 41.7 Å². The van der Waals surface area contributed by atoms with Crippen LogP contribution in [0.15, 0.2) is 23.3 Å². The number of piperidine rings is 1. The van der Waals surface area contributed by atoms with E-state index in [0.717, 1.165) is 62.9 Å². The first-order valence-corrected chi connectivity index (χ1v) is 10.5. The number of carbonyl (C=O) groups is 1. The van der Waals surface area contributed by atoms with Crippen LogP contribution in [0.25, 0.3) is 0 Å². The molecule has 8 nitrogen and oxygen atoms in total. The summed E-state index contributed by atoms with van der Waals surface area (Å²) >= 11 is 0. The van der Waals surface area contributed by atoms with E-state index < -0.39 is 0 Å². The Bertz CT molecular complexity index is 671. The Balaban J connectivity index is 0.00000450. The fraction of sp³-hybridized carbons (Fsp3) is 0.667. The van der Waals surface area contributed by atoms with E-state index in [9.17, 15) is 4.79 Å². The van der Waals surface area contributed by atoms with Crippen molar-refractivity contribution in [3.05, 3.63) is 23.9 Å². The van der Waals surface area contributed by atoms with Crippen LogP contribution in [-0.2, 0) is 16.1 Å². The third kappa shape index (κ3) is 9.03. The Labute approximate surface area is 197 Å². The molecule has 0 radical (unpaired) electrons. The predicted molar refractivity (Wildman–Crippen MR) is 132 cm³/mol. The summed E-state index contributed by atoms with van der Waals surface area (Å²) in [6.07, 6.45) is 4.51. The van der Waals surface area contributed by atoms with Gasteiger partial charge in [0, 0.05) is 58.2 Å². The number of aromatic nitrogens is 1. The van der Waals surface area contributed by atoms with Gasteiger partial charge in [-0.1, -0.05) is 19.9 Å². The van der Waals surface area contributed by atoms with Gasteiger partial charge < -0.3 is 26.0 Å². The monoisotopic (exact) mass is 532 g/mol. The molecule has 170 valence electrons. The molecule has 1 aromatic rings. The molecule has 1 fully saturated rings. The molecule has 1 aliphatic heterocycles. The van der Waals surface area contributed by atoms with E-state index in [-0.39, 0.29) is 35.8 Å². The Morgan fingerprint density at radius 3 is 2.93 bits per heavy atom. The van der Waals surface area contributed by atoms with Gasteiger partial charge in [0.15, 0.2) is 5.96 Å². The van der Waals surface area contributed by atoms with Gasteiger partial charge in [-0.05, 0) is 31.2 Å². The van der Waals surface area contributed by atoms with Gasteiger partial charge in [0.2, 0.25) is 5.91 Å². The van der Waals surface area contributed by atoms with Gasteiger partial charge in [0.05, 0.1) is 5.92 Å². The quantitative estimate of drug-likeness (QED) is 0.185. The summed E-state index contributed by atoms with van der Waals surface area (Å²) < 4.78 is 5.60. The smallest absolute Gasteiger partial charge is 0.222 e. The van der Waals surface area contributed by atoms with E-state index in [4.69, 9.17) is 10.5 Å². The van der Waals surface area contributed by atoms with Gasteiger partial charge in [-0.2, -0.15) is 0 Å². The number of nitrogens with one attached hydrogen (secondary N) is 2. The molecule has 2 rings (SSSR count). The van der Waals surface area contributed by atoms with Crippen LogP contribution in [0.1, 0.15) is 38.7 Å². The van der Waals surface area contributed by atoms with Gasteiger partial charge in [-0.3, -0.25) is 9.79 Å². The lowest BCUT2D eigenvalue weighted by molar-refractivity contribution is -0.122. The van der Waals surface area contributed by atoms with E-state index in [1.807, 2.05) is 6.07 Å². The van der Waals surface area contributed by atoms with Crippen LogP contribution in [-0.4, -0.2) is 56.7 Å². The molecule has 1 aromatic heterocycles. The third-order valence-corrected chi connectivity index (χ3v) is 4.87. The number of halogens is 1. The summed E-state index contributed by atoms with van der Waals surface area (Å²) in [5.41, 5.74) is 6.59. The number of nitrogens with zero attached hydrogens (tertiary/aromatic N) is 3. The number of aliphatic imine (C=N–C) groups is 1. The highest BCUT2D eigenvalue weighted by Crippen LogP contribution is 2.24. The number of guanidine groups is 1. The van der Waals surface area contributed by atoms with E-state index in [0.29, 0.717) is 19.0 Å². The van der Waals surface area contributed by atoms with Crippen LogP contribution in [0.4, 0.5) is 5.82 Å². The molecule has 1 unspecified atom stereocenters. The number of hydrogen-bond acceptors (Lipinski definition) is 5. The maximum atomic E-state index is 11.6. The lowest BCUT2D eigenvalue weighted by Gasteiger charge is -2.33. The topological polar surface area (TPSA) is 105 Å². The highest BCUT2D eigenvalue weighted by Gasteiger charge is 2.25. The van der Waals surface area contributed by atoms with Crippen molar-refractivity contribution in [1.29, 1.82) is 0 Å². The second kappa shape index (κ2) is 14.4. The zero-order valence-electron chi connectivity index (χ0n) is 18.4. The summed E-state index contributed by atoms with van der Waals surface area (Å²) in [4.78, 5) is 22.6. The van der Waals surface area contributed by atoms with Crippen molar-refractivity contribution in [3.63, 3.8) is 0 Å². The van der Waals surface area contributed by atoms with Gasteiger partial charge in [0.1, 0.15) is 5.82 Å². The average molecular weight is 532 g/mol. The zero-order valence-corrected chi connectivity index (χ0v) is 20.7. The molecule has 1 aliphatic rings. The third-order valence-electron chi connectivity index (χ3n) is 4.87. The normalized spacial score (nSPS) is 16.9. The molecule has 1 amide bonds. The maximum Gasteiger partial charge on any atom is 0.222 e. The van der Waals surface area contributed by atoms with Crippen molar-refractivity contribution in [2.24, 2.45) is 22.6 Å².